The van der Waals surface area contributed by atoms with Crippen LogP contribution < -0.4 is 0 Å². The molecule has 3 aliphatic heterocycles. The van der Waals surface area contributed by atoms with Crippen LogP contribution in [-0.2, 0) is 6.54 Å². The van der Waals surface area contributed by atoms with Crippen molar-refractivity contribution < 1.29 is 0 Å². The molecule has 2 aromatic heterocycles. The second-order valence-electron chi connectivity index (χ2n) is 7.44. The molecule has 0 saturated carbocycles. The van der Waals surface area contributed by atoms with Gasteiger partial charge in [0.1, 0.15) is 0 Å². The molecule has 0 atom stereocenters. The molecule has 1 aromatic carbocycles. The van der Waals surface area contributed by atoms with Crippen molar-refractivity contribution in [2.75, 3.05) is 13.1 Å². The molecule has 3 nitrogen and oxygen atoms in total. The van der Waals surface area contributed by atoms with Gasteiger partial charge in [0.25, 0.3) is 0 Å². The molecule has 3 aromatic rings. The van der Waals surface area contributed by atoms with Crippen molar-refractivity contribution in [2.45, 2.75) is 32.2 Å². The SMILES string of the molecule is Cc1ccc(/C=C/c2ccc3c4c([nH]c3c2)C2CCN(CC2)C4)cn1. The van der Waals surface area contributed by atoms with Crippen LogP contribution in [0.5, 0.6) is 0 Å². The second-order valence-corrected chi connectivity index (χ2v) is 7.44. The maximum Gasteiger partial charge on any atom is 0.0465 e. The molecule has 25 heavy (non-hydrogen) atoms. The minimum Gasteiger partial charge on any atom is -0.358 e. The van der Waals surface area contributed by atoms with Gasteiger partial charge in [-0.05, 0) is 61.7 Å². The largest absolute Gasteiger partial charge is 0.358 e. The molecular weight excluding hydrogens is 306 g/mol. The Morgan fingerprint density at radius 2 is 1.88 bits per heavy atom. The standard InChI is InChI=1S/C22H23N3/c1-15-2-3-17(13-23-15)5-4-16-6-7-19-20-14-25-10-8-18(9-11-25)22(20)24-21(19)12-16/h2-7,12-13,18,24H,8-11,14H2,1H3/b5-4+. The Morgan fingerprint density at radius 3 is 2.68 bits per heavy atom. The third-order valence-corrected chi connectivity index (χ3v) is 5.74. The number of aryl methyl sites for hydroxylation is 1. The summed E-state index contributed by atoms with van der Waals surface area (Å²) in [5, 5.41) is 1.41. The van der Waals surface area contributed by atoms with Crippen molar-refractivity contribution in [3.05, 3.63) is 64.6 Å². The van der Waals surface area contributed by atoms with E-state index in [0.29, 0.717) is 0 Å². The van der Waals surface area contributed by atoms with E-state index < -0.39 is 0 Å². The van der Waals surface area contributed by atoms with Crippen LogP contribution >= 0.6 is 0 Å². The summed E-state index contributed by atoms with van der Waals surface area (Å²) < 4.78 is 0. The number of H-pyrrole nitrogens is 1. The van der Waals surface area contributed by atoms with Crippen molar-refractivity contribution in [1.82, 2.24) is 14.9 Å². The van der Waals surface area contributed by atoms with E-state index in [4.69, 9.17) is 0 Å². The van der Waals surface area contributed by atoms with Gasteiger partial charge in [0, 0.05) is 41.0 Å². The maximum absolute atomic E-state index is 4.35. The highest BCUT2D eigenvalue weighted by molar-refractivity contribution is 5.88. The summed E-state index contributed by atoms with van der Waals surface area (Å²) >= 11 is 0. The lowest BCUT2D eigenvalue weighted by atomic mass is 9.94. The number of aromatic nitrogens is 2. The summed E-state index contributed by atoms with van der Waals surface area (Å²) in [5.74, 6) is 0.721. The lowest BCUT2D eigenvalue weighted by Gasteiger charge is -2.26. The van der Waals surface area contributed by atoms with Crippen molar-refractivity contribution in [2.24, 2.45) is 0 Å². The lowest BCUT2D eigenvalue weighted by molar-refractivity contribution is 0.220. The zero-order chi connectivity index (χ0) is 16.8. The van der Waals surface area contributed by atoms with Gasteiger partial charge < -0.3 is 4.98 Å². The number of hydrogen-bond acceptors (Lipinski definition) is 2. The number of aromatic amines is 1. The molecule has 0 unspecified atom stereocenters. The van der Waals surface area contributed by atoms with E-state index >= 15 is 0 Å². The van der Waals surface area contributed by atoms with Gasteiger partial charge in [-0.25, -0.2) is 0 Å². The number of nitrogens with zero attached hydrogens (tertiary/aromatic N) is 2. The van der Waals surface area contributed by atoms with Gasteiger partial charge in [-0.15, -0.1) is 0 Å². The summed E-state index contributed by atoms with van der Waals surface area (Å²) in [6.07, 6.45) is 8.83. The van der Waals surface area contributed by atoms with Crippen LogP contribution in [0.25, 0.3) is 23.1 Å². The first kappa shape index (κ1) is 14.9. The van der Waals surface area contributed by atoms with Crippen molar-refractivity contribution >= 4 is 23.1 Å². The molecule has 6 rings (SSSR count). The predicted molar refractivity (Wildman–Crippen MR) is 103 cm³/mol. The van der Waals surface area contributed by atoms with Crippen LogP contribution in [0.1, 0.15) is 46.8 Å². The third-order valence-electron chi connectivity index (χ3n) is 5.74. The van der Waals surface area contributed by atoms with Gasteiger partial charge in [-0.3, -0.25) is 9.88 Å². The number of benzene rings is 1. The number of rotatable bonds is 2. The van der Waals surface area contributed by atoms with Crippen LogP contribution in [-0.4, -0.2) is 28.0 Å². The zero-order valence-corrected chi connectivity index (χ0v) is 14.6. The number of piperidine rings is 1. The molecule has 1 fully saturated rings. The molecule has 1 saturated heterocycles. The fourth-order valence-electron chi connectivity index (χ4n) is 4.29. The molecule has 2 bridgehead atoms. The number of hydrogen-bond donors (Lipinski definition) is 1. The molecule has 5 heterocycles. The average molecular weight is 329 g/mol. The highest BCUT2D eigenvalue weighted by Gasteiger charge is 2.30. The molecule has 3 aliphatic rings. The number of fused-ring (bicyclic) bond motifs is 3. The van der Waals surface area contributed by atoms with E-state index in [1.807, 2.05) is 13.1 Å². The summed E-state index contributed by atoms with van der Waals surface area (Å²) in [4.78, 5) is 10.7. The maximum atomic E-state index is 4.35. The van der Waals surface area contributed by atoms with E-state index in [0.717, 1.165) is 23.7 Å². The highest BCUT2D eigenvalue weighted by atomic mass is 15.1. The Labute approximate surface area is 148 Å². The minimum atomic E-state index is 0.721. The Kier molecular flexibility index (Phi) is 3.49. The normalized spacial score (nSPS) is 22.4. The van der Waals surface area contributed by atoms with Gasteiger partial charge in [-0.2, -0.15) is 0 Å². The molecule has 0 radical (unpaired) electrons. The minimum absolute atomic E-state index is 0.721. The van der Waals surface area contributed by atoms with E-state index in [2.05, 4.69) is 57.4 Å². The van der Waals surface area contributed by atoms with Crippen molar-refractivity contribution in [3.8, 4) is 0 Å². The Morgan fingerprint density at radius 1 is 1.08 bits per heavy atom. The van der Waals surface area contributed by atoms with Crippen LogP contribution in [0.4, 0.5) is 0 Å². The summed E-state index contributed by atoms with van der Waals surface area (Å²) in [5.41, 5.74) is 7.74. The number of pyridine rings is 1. The average Bonchev–Trinajstić information content (AvgIpc) is 2.79. The molecule has 0 spiro atoms. The Balaban J connectivity index is 1.50. The molecule has 0 amide bonds. The first-order valence-corrected chi connectivity index (χ1v) is 9.24. The summed E-state index contributed by atoms with van der Waals surface area (Å²) in [7, 11) is 0. The molecule has 126 valence electrons. The Hall–Kier alpha value is -2.39. The van der Waals surface area contributed by atoms with E-state index in [9.17, 15) is 0 Å². The molecule has 1 N–H and O–H groups in total. The second kappa shape index (κ2) is 5.85. The van der Waals surface area contributed by atoms with Crippen LogP contribution in [0.15, 0.2) is 36.5 Å². The van der Waals surface area contributed by atoms with E-state index in [-0.39, 0.29) is 0 Å². The number of nitrogens with one attached hydrogen (secondary N) is 1. The summed E-state index contributed by atoms with van der Waals surface area (Å²) in [6.45, 7) is 5.62. The van der Waals surface area contributed by atoms with Crippen LogP contribution in [0, 0.1) is 6.92 Å². The smallest absolute Gasteiger partial charge is 0.0465 e. The molecule has 0 aliphatic carbocycles. The lowest BCUT2D eigenvalue weighted by Crippen LogP contribution is -2.28. The summed E-state index contributed by atoms with van der Waals surface area (Å²) in [6, 6.07) is 11.0. The monoisotopic (exact) mass is 329 g/mol. The van der Waals surface area contributed by atoms with Crippen LogP contribution in [0.3, 0.4) is 0 Å². The van der Waals surface area contributed by atoms with Crippen LogP contribution in [0.2, 0.25) is 0 Å². The van der Waals surface area contributed by atoms with Crippen molar-refractivity contribution in [1.29, 1.82) is 0 Å². The predicted octanol–water partition coefficient (Wildman–Crippen LogP) is 4.73. The first-order chi connectivity index (χ1) is 12.3. The highest BCUT2D eigenvalue weighted by Crippen LogP contribution is 2.38. The van der Waals surface area contributed by atoms with Gasteiger partial charge in [0.05, 0.1) is 0 Å². The van der Waals surface area contributed by atoms with Crippen molar-refractivity contribution in [3.63, 3.8) is 0 Å². The topological polar surface area (TPSA) is 31.9 Å². The zero-order valence-electron chi connectivity index (χ0n) is 14.6. The Bertz CT molecular complexity index is 941. The third kappa shape index (κ3) is 2.69. The van der Waals surface area contributed by atoms with E-state index in [1.54, 1.807) is 0 Å². The first-order valence-electron chi connectivity index (χ1n) is 9.24. The molecule has 3 heteroatoms. The fourth-order valence-corrected chi connectivity index (χ4v) is 4.29. The van der Waals surface area contributed by atoms with E-state index in [1.165, 1.54) is 53.7 Å². The molecular formula is C22H23N3. The fraction of sp³-hybridized carbons (Fsp3) is 0.318. The van der Waals surface area contributed by atoms with Gasteiger partial charge >= 0.3 is 0 Å². The van der Waals surface area contributed by atoms with Gasteiger partial charge in [-0.1, -0.05) is 30.4 Å². The van der Waals surface area contributed by atoms with Gasteiger partial charge in [0.15, 0.2) is 0 Å². The quantitative estimate of drug-likeness (QED) is 0.737. The van der Waals surface area contributed by atoms with Gasteiger partial charge in [0.2, 0.25) is 0 Å².